The average molecular weight is 478 g/mol. The van der Waals surface area contributed by atoms with Gasteiger partial charge in [-0.15, -0.1) is 0 Å². The highest BCUT2D eigenvalue weighted by Gasteiger charge is 2.09. The molecule has 1 amide bonds. The van der Waals surface area contributed by atoms with Crippen molar-refractivity contribution in [2.75, 3.05) is 0 Å². The zero-order chi connectivity index (χ0) is 18.7. The molecule has 0 saturated heterocycles. The molecule has 3 aromatic rings. The molecule has 2 aromatic carbocycles. The number of aromatic nitrogens is 1. The Labute approximate surface area is 171 Å². The highest BCUT2D eigenvalue weighted by molar-refractivity contribution is 14.1. The van der Waals surface area contributed by atoms with E-state index in [2.05, 4.69) is 68.9 Å². The van der Waals surface area contributed by atoms with Crippen molar-refractivity contribution in [3.8, 4) is 5.69 Å². The minimum absolute atomic E-state index is 0.274. The summed E-state index contributed by atoms with van der Waals surface area (Å²) in [7, 11) is 0. The van der Waals surface area contributed by atoms with Gasteiger partial charge < -0.3 is 4.57 Å². The molecule has 1 aromatic heterocycles. The Hall–Kier alpha value is -2.12. The van der Waals surface area contributed by atoms with Gasteiger partial charge in [-0.1, -0.05) is 11.6 Å². The third kappa shape index (κ3) is 4.16. The molecular weight excluding hydrogens is 461 g/mol. The van der Waals surface area contributed by atoms with Gasteiger partial charge in [0.15, 0.2) is 0 Å². The van der Waals surface area contributed by atoms with Gasteiger partial charge in [-0.05, 0) is 91.0 Å². The smallest absolute Gasteiger partial charge is 0.271 e. The normalized spacial score (nSPS) is 11.1. The number of halogens is 2. The predicted molar refractivity (Wildman–Crippen MR) is 114 cm³/mol. The van der Waals surface area contributed by atoms with Gasteiger partial charge in [0.2, 0.25) is 0 Å². The van der Waals surface area contributed by atoms with Crippen LogP contribution in [0, 0.1) is 17.4 Å². The van der Waals surface area contributed by atoms with Crippen molar-refractivity contribution in [2.24, 2.45) is 5.10 Å². The highest BCUT2D eigenvalue weighted by Crippen LogP contribution is 2.20. The van der Waals surface area contributed by atoms with E-state index in [-0.39, 0.29) is 5.91 Å². The lowest BCUT2D eigenvalue weighted by molar-refractivity contribution is 0.0955. The fourth-order valence-electron chi connectivity index (χ4n) is 2.73. The molecule has 1 N–H and O–H groups in total. The third-order valence-electron chi connectivity index (χ3n) is 4.03. The predicted octanol–water partition coefficient (Wildman–Crippen LogP) is 5.12. The second-order valence-electron chi connectivity index (χ2n) is 5.84. The Balaban J connectivity index is 1.77. The topological polar surface area (TPSA) is 46.4 Å². The first-order valence-corrected chi connectivity index (χ1v) is 9.45. The summed E-state index contributed by atoms with van der Waals surface area (Å²) in [6.45, 7) is 4.09. The maximum atomic E-state index is 12.1. The lowest BCUT2D eigenvalue weighted by Crippen LogP contribution is -2.17. The summed E-state index contributed by atoms with van der Waals surface area (Å²) in [6.07, 6.45) is 1.67. The Morgan fingerprint density at radius 2 is 1.77 bits per heavy atom. The van der Waals surface area contributed by atoms with Crippen molar-refractivity contribution in [3.05, 3.63) is 85.7 Å². The van der Waals surface area contributed by atoms with Gasteiger partial charge in [-0.2, -0.15) is 5.10 Å². The number of nitrogens with zero attached hydrogens (tertiary/aromatic N) is 2. The molecule has 1 heterocycles. The molecule has 0 saturated carbocycles. The summed E-state index contributed by atoms with van der Waals surface area (Å²) in [5, 5.41) is 4.68. The SMILES string of the molecule is Cc1cc(C=NNC(=O)c2ccc(Cl)cc2)c(C)n1-c1ccc(I)cc1. The maximum absolute atomic E-state index is 12.1. The molecule has 0 unspecified atom stereocenters. The fraction of sp³-hybridized carbons (Fsp3) is 0.100. The molecule has 0 aliphatic rings. The standard InChI is InChI=1S/C20H17ClIN3O/c1-13-11-16(14(2)25(13)19-9-7-18(22)8-10-19)12-23-24-20(26)15-3-5-17(21)6-4-15/h3-12H,1-2H3,(H,24,26). The first kappa shape index (κ1) is 18.7. The number of hydrogen-bond donors (Lipinski definition) is 1. The molecule has 0 atom stereocenters. The van der Waals surface area contributed by atoms with E-state index in [0.29, 0.717) is 10.6 Å². The molecule has 0 radical (unpaired) electrons. The second kappa shape index (κ2) is 8.05. The van der Waals surface area contributed by atoms with Crippen LogP contribution in [-0.2, 0) is 0 Å². The van der Waals surface area contributed by atoms with Crippen molar-refractivity contribution in [2.45, 2.75) is 13.8 Å². The number of carbonyl (C=O) groups excluding carboxylic acids is 1. The van der Waals surface area contributed by atoms with Crippen LogP contribution >= 0.6 is 34.2 Å². The monoisotopic (exact) mass is 477 g/mol. The molecule has 0 aliphatic heterocycles. The van der Waals surface area contributed by atoms with Crippen LogP contribution in [0.25, 0.3) is 5.69 Å². The van der Waals surface area contributed by atoms with E-state index in [1.807, 2.05) is 13.0 Å². The third-order valence-corrected chi connectivity index (χ3v) is 5.00. The van der Waals surface area contributed by atoms with E-state index in [1.54, 1.807) is 30.5 Å². The van der Waals surface area contributed by atoms with Gasteiger partial charge in [0.05, 0.1) is 6.21 Å². The van der Waals surface area contributed by atoms with Gasteiger partial charge in [-0.3, -0.25) is 4.79 Å². The van der Waals surface area contributed by atoms with Crippen molar-refractivity contribution >= 4 is 46.3 Å². The van der Waals surface area contributed by atoms with Crippen LogP contribution in [0.5, 0.6) is 0 Å². The lowest BCUT2D eigenvalue weighted by Gasteiger charge is -2.09. The summed E-state index contributed by atoms with van der Waals surface area (Å²) in [5.74, 6) is -0.274. The Morgan fingerprint density at radius 3 is 2.42 bits per heavy atom. The summed E-state index contributed by atoms with van der Waals surface area (Å²) < 4.78 is 3.36. The van der Waals surface area contributed by atoms with Crippen LogP contribution in [0.15, 0.2) is 59.7 Å². The van der Waals surface area contributed by atoms with Crippen LogP contribution < -0.4 is 5.43 Å². The van der Waals surface area contributed by atoms with Gasteiger partial charge in [0.25, 0.3) is 5.91 Å². The first-order valence-electron chi connectivity index (χ1n) is 7.99. The number of hydrogen-bond acceptors (Lipinski definition) is 2. The van der Waals surface area contributed by atoms with Crippen LogP contribution in [0.4, 0.5) is 0 Å². The second-order valence-corrected chi connectivity index (χ2v) is 7.53. The van der Waals surface area contributed by atoms with Crippen molar-refractivity contribution in [3.63, 3.8) is 0 Å². The summed E-state index contributed by atoms with van der Waals surface area (Å²) in [4.78, 5) is 12.1. The maximum Gasteiger partial charge on any atom is 0.271 e. The van der Waals surface area contributed by atoms with E-state index in [4.69, 9.17) is 11.6 Å². The van der Waals surface area contributed by atoms with Crippen molar-refractivity contribution in [1.29, 1.82) is 0 Å². The van der Waals surface area contributed by atoms with E-state index in [9.17, 15) is 4.79 Å². The molecule has 0 aliphatic carbocycles. The lowest BCUT2D eigenvalue weighted by atomic mass is 10.2. The average Bonchev–Trinajstić information content (AvgIpc) is 2.90. The Bertz CT molecular complexity index is 960. The summed E-state index contributed by atoms with van der Waals surface area (Å²) >= 11 is 8.12. The van der Waals surface area contributed by atoms with Crippen LogP contribution in [0.1, 0.15) is 27.3 Å². The highest BCUT2D eigenvalue weighted by atomic mass is 127. The quantitative estimate of drug-likeness (QED) is 0.317. The summed E-state index contributed by atoms with van der Waals surface area (Å²) in [5.41, 5.74) is 7.28. The van der Waals surface area contributed by atoms with E-state index < -0.39 is 0 Å². The number of aryl methyl sites for hydroxylation is 1. The van der Waals surface area contributed by atoms with Crippen LogP contribution in [0.3, 0.4) is 0 Å². The van der Waals surface area contributed by atoms with Gasteiger partial charge in [0.1, 0.15) is 0 Å². The summed E-state index contributed by atoms with van der Waals surface area (Å²) in [6, 6.07) is 17.1. The van der Waals surface area contributed by atoms with E-state index in [0.717, 1.165) is 22.6 Å². The molecular formula is C20H17ClIN3O. The molecule has 26 heavy (non-hydrogen) atoms. The minimum atomic E-state index is -0.274. The number of nitrogens with one attached hydrogen (secondary N) is 1. The van der Waals surface area contributed by atoms with Gasteiger partial charge >= 0.3 is 0 Å². The molecule has 4 nitrogen and oxygen atoms in total. The Kier molecular flexibility index (Phi) is 5.78. The van der Waals surface area contributed by atoms with Gasteiger partial charge in [0, 0.05) is 36.8 Å². The molecule has 132 valence electrons. The van der Waals surface area contributed by atoms with Crippen LogP contribution in [0.2, 0.25) is 5.02 Å². The zero-order valence-electron chi connectivity index (χ0n) is 14.3. The van der Waals surface area contributed by atoms with Crippen molar-refractivity contribution < 1.29 is 4.79 Å². The van der Waals surface area contributed by atoms with E-state index in [1.165, 1.54) is 3.57 Å². The van der Waals surface area contributed by atoms with Crippen molar-refractivity contribution in [1.82, 2.24) is 9.99 Å². The Morgan fingerprint density at radius 1 is 1.12 bits per heavy atom. The minimum Gasteiger partial charge on any atom is -0.318 e. The van der Waals surface area contributed by atoms with Gasteiger partial charge in [-0.25, -0.2) is 5.43 Å². The molecule has 0 spiro atoms. The molecule has 3 rings (SSSR count). The first-order chi connectivity index (χ1) is 12.5. The molecule has 0 fully saturated rings. The molecule has 0 bridgehead atoms. The largest absolute Gasteiger partial charge is 0.318 e. The van der Waals surface area contributed by atoms with Crippen LogP contribution in [-0.4, -0.2) is 16.7 Å². The number of hydrazone groups is 1. The number of rotatable bonds is 4. The zero-order valence-corrected chi connectivity index (χ0v) is 17.2. The number of carbonyl (C=O) groups is 1. The fourth-order valence-corrected chi connectivity index (χ4v) is 3.22. The number of amides is 1. The van der Waals surface area contributed by atoms with E-state index >= 15 is 0 Å². The molecule has 6 heteroatoms. The number of benzene rings is 2.